The van der Waals surface area contributed by atoms with E-state index in [1.807, 2.05) is 65.7 Å². The number of hydrogen-bond donors (Lipinski definition) is 0. The number of para-hydroxylation sites is 4. The van der Waals surface area contributed by atoms with Gasteiger partial charge in [-0.25, -0.2) is 9.67 Å². The highest BCUT2D eigenvalue weighted by atomic mass is 16.5. The van der Waals surface area contributed by atoms with Crippen LogP contribution in [0.3, 0.4) is 0 Å². The fourth-order valence-corrected chi connectivity index (χ4v) is 5.02. The number of carbonyl (C=O) groups excluding carboxylic acids is 1. The van der Waals surface area contributed by atoms with Gasteiger partial charge in [-0.3, -0.25) is 4.79 Å². The molecule has 9 nitrogen and oxygen atoms in total. The molecule has 0 unspecified atom stereocenters. The summed E-state index contributed by atoms with van der Waals surface area (Å²) in [6.07, 6.45) is 1.85. The number of fused-ring (bicyclic) bond motifs is 1. The number of anilines is 1. The zero-order valence-corrected chi connectivity index (χ0v) is 21.3. The maximum Gasteiger partial charge on any atom is 0.244 e. The maximum atomic E-state index is 13.1. The number of carbonyl (C=O) groups is 1. The van der Waals surface area contributed by atoms with Gasteiger partial charge in [0.1, 0.15) is 23.8 Å². The van der Waals surface area contributed by atoms with Gasteiger partial charge in [-0.2, -0.15) is 0 Å². The summed E-state index contributed by atoms with van der Waals surface area (Å²) in [6, 6.07) is 26.2. The van der Waals surface area contributed by atoms with E-state index in [9.17, 15) is 4.79 Å². The predicted octanol–water partition coefficient (Wildman–Crippen LogP) is 3.70. The van der Waals surface area contributed by atoms with Gasteiger partial charge in [0, 0.05) is 31.7 Å². The number of imidazole rings is 1. The number of aromatic nitrogens is 5. The quantitative estimate of drug-likeness (QED) is 0.334. The Hall–Kier alpha value is -4.66. The number of nitrogens with zero attached hydrogens (tertiary/aromatic N) is 7. The highest BCUT2D eigenvalue weighted by molar-refractivity contribution is 5.80. The van der Waals surface area contributed by atoms with E-state index < -0.39 is 0 Å². The summed E-state index contributed by atoms with van der Waals surface area (Å²) < 4.78 is 9.28. The SMILES string of the molecule is COc1ccccc1N1CCN(C(=O)Cn2cc(Cn3c(-c4ccccc4)nc4ccccc43)nn2)CC1. The van der Waals surface area contributed by atoms with Crippen molar-refractivity contribution in [3.63, 3.8) is 0 Å². The van der Waals surface area contributed by atoms with Gasteiger partial charge in [0.15, 0.2) is 0 Å². The number of piperazine rings is 1. The van der Waals surface area contributed by atoms with E-state index in [0.29, 0.717) is 19.6 Å². The summed E-state index contributed by atoms with van der Waals surface area (Å²) in [5.74, 6) is 1.77. The fraction of sp³-hybridized carbons (Fsp3) is 0.241. The van der Waals surface area contributed by atoms with E-state index in [-0.39, 0.29) is 12.5 Å². The van der Waals surface area contributed by atoms with Gasteiger partial charge in [-0.15, -0.1) is 5.10 Å². The molecular weight excluding hydrogens is 478 g/mol. The molecular formula is C29H29N7O2. The highest BCUT2D eigenvalue weighted by Gasteiger charge is 2.23. The minimum atomic E-state index is 0.0409. The summed E-state index contributed by atoms with van der Waals surface area (Å²) in [5, 5.41) is 8.63. The lowest BCUT2D eigenvalue weighted by atomic mass is 10.2. The molecule has 3 heterocycles. The van der Waals surface area contributed by atoms with Gasteiger partial charge in [-0.1, -0.05) is 59.8 Å². The molecule has 0 radical (unpaired) electrons. The van der Waals surface area contributed by atoms with Crippen LogP contribution in [-0.4, -0.2) is 68.6 Å². The molecule has 0 aliphatic carbocycles. The Kier molecular flexibility index (Phi) is 6.47. The van der Waals surface area contributed by atoms with Crippen molar-refractivity contribution in [3.8, 4) is 17.1 Å². The van der Waals surface area contributed by atoms with E-state index in [1.165, 1.54) is 0 Å². The lowest BCUT2D eigenvalue weighted by Gasteiger charge is -2.36. The molecule has 6 rings (SSSR count). The minimum absolute atomic E-state index is 0.0409. The van der Waals surface area contributed by atoms with Crippen molar-refractivity contribution in [2.24, 2.45) is 0 Å². The van der Waals surface area contributed by atoms with Crippen molar-refractivity contribution < 1.29 is 9.53 Å². The smallest absolute Gasteiger partial charge is 0.244 e. The molecule has 1 aliphatic rings. The molecule has 1 aliphatic heterocycles. The van der Waals surface area contributed by atoms with Crippen LogP contribution >= 0.6 is 0 Å². The molecule has 0 bridgehead atoms. The van der Waals surface area contributed by atoms with Crippen molar-refractivity contribution in [1.29, 1.82) is 0 Å². The van der Waals surface area contributed by atoms with Gasteiger partial charge in [-0.05, 0) is 24.3 Å². The summed E-state index contributed by atoms with van der Waals surface area (Å²) >= 11 is 0. The molecule has 38 heavy (non-hydrogen) atoms. The molecule has 2 aromatic heterocycles. The van der Waals surface area contributed by atoms with Gasteiger partial charge in [0.25, 0.3) is 0 Å². The van der Waals surface area contributed by atoms with Crippen LogP contribution in [0.2, 0.25) is 0 Å². The molecule has 1 fully saturated rings. The number of ether oxygens (including phenoxy) is 1. The second kappa shape index (κ2) is 10.4. The average molecular weight is 508 g/mol. The van der Waals surface area contributed by atoms with Gasteiger partial charge < -0.3 is 19.1 Å². The van der Waals surface area contributed by atoms with Crippen LogP contribution < -0.4 is 9.64 Å². The first-order valence-electron chi connectivity index (χ1n) is 12.7. The van der Waals surface area contributed by atoms with Crippen molar-refractivity contribution >= 4 is 22.6 Å². The van der Waals surface area contributed by atoms with E-state index in [4.69, 9.17) is 9.72 Å². The van der Waals surface area contributed by atoms with Crippen LogP contribution in [0.15, 0.2) is 85.1 Å². The first kappa shape index (κ1) is 23.7. The molecule has 0 saturated carbocycles. The lowest BCUT2D eigenvalue weighted by molar-refractivity contribution is -0.132. The number of methoxy groups -OCH3 is 1. The lowest BCUT2D eigenvalue weighted by Crippen LogP contribution is -2.49. The van der Waals surface area contributed by atoms with E-state index >= 15 is 0 Å². The zero-order chi connectivity index (χ0) is 25.9. The third kappa shape index (κ3) is 4.70. The fourth-order valence-electron chi connectivity index (χ4n) is 5.02. The maximum absolute atomic E-state index is 13.1. The Morgan fingerprint density at radius 3 is 2.45 bits per heavy atom. The number of amides is 1. The Morgan fingerprint density at radius 2 is 1.63 bits per heavy atom. The Labute approximate surface area is 220 Å². The molecule has 192 valence electrons. The van der Waals surface area contributed by atoms with Crippen molar-refractivity contribution in [1.82, 2.24) is 29.4 Å². The third-order valence-corrected chi connectivity index (χ3v) is 6.95. The monoisotopic (exact) mass is 507 g/mol. The second-order valence-corrected chi connectivity index (χ2v) is 9.32. The zero-order valence-electron chi connectivity index (χ0n) is 21.3. The molecule has 1 saturated heterocycles. The van der Waals surface area contributed by atoms with Crippen LogP contribution in [0.5, 0.6) is 5.75 Å². The molecule has 3 aromatic carbocycles. The largest absolute Gasteiger partial charge is 0.495 e. The summed E-state index contributed by atoms with van der Waals surface area (Å²) in [5.41, 5.74) is 4.84. The molecule has 0 N–H and O–H groups in total. The standard InChI is InChI=1S/C29H29N7O2/c1-38-27-14-8-7-13-26(27)33-15-17-34(18-16-33)28(37)21-35-19-23(31-32-35)20-36-25-12-6-5-11-24(25)30-29(36)22-9-3-2-4-10-22/h2-14,19H,15-18,20-21H2,1H3. The molecule has 0 atom stereocenters. The Bertz CT molecular complexity index is 1550. The number of rotatable bonds is 7. The van der Waals surface area contributed by atoms with E-state index in [0.717, 1.165) is 52.6 Å². The first-order chi connectivity index (χ1) is 18.7. The van der Waals surface area contributed by atoms with Crippen molar-refractivity contribution in [3.05, 3.63) is 90.8 Å². The van der Waals surface area contributed by atoms with Crippen molar-refractivity contribution in [2.75, 3.05) is 38.2 Å². The predicted molar refractivity (Wildman–Crippen MR) is 146 cm³/mol. The molecule has 5 aromatic rings. The van der Waals surface area contributed by atoms with E-state index in [1.54, 1.807) is 11.8 Å². The van der Waals surface area contributed by atoms with Crippen LogP contribution in [-0.2, 0) is 17.9 Å². The van der Waals surface area contributed by atoms with Crippen LogP contribution in [0.1, 0.15) is 5.69 Å². The first-order valence-corrected chi connectivity index (χ1v) is 12.7. The van der Waals surface area contributed by atoms with Crippen LogP contribution in [0, 0.1) is 0 Å². The second-order valence-electron chi connectivity index (χ2n) is 9.32. The average Bonchev–Trinajstić information content (AvgIpc) is 3.58. The third-order valence-electron chi connectivity index (χ3n) is 6.95. The topological polar surface area (TPSA) is 81.3 Å². The summed E-state index contributed by atoms with van der Waals surface area (Å²) in [6.45, 7) is 3.49. The number of benzene rings is 3. The summed E-state index contributed by atoms with van der Waals surface area (Å²) in [4.78, 5) is 22.1. The normalized spacial score (nSPS) is 13.7. The van der Waals surface area contributed by atoms with Crippen LogP contribution in [0.4, 0.5) is 5.69 Å². The number of hydrogen-bond acceptors (Lipinski definition) is 6. The van der Waals surface area contributed by atoms with Gasteiger partial charge >= 0.3 is 0 Å². The molecule has 0 spiro atoms. The van der Waals surface area contributed by atoms with E-state index in [2.05, 4.69) is 44.0 Å². The highest BCUT2D eigenvalue weighted by Crippen LogP contribution is 2.28. The molecule has 9 heteroatoms. The minimum Gasteiger partial charge on any atom is -0.495 e. The Morgan fingerprint density at radius 1 is 0.895 bits per heavy atom. The van der Waals surface area contributed by atoms with Gasteiger partial charge in [0.2, 0.25) is 5.91 Å². The summed E-state index contributed by atoms with van der Waals surface area (Å²) in [7, 11) is 1.68. The van der Waals surface area contributed by atoms with Crippen LogP contribution in [0.25, 0.3) is 22.4 Å². The Balaban J connectivity index is 1.13. The molecule has 1 amide bonds. The van der Waals surface area contributed by atoms with Crippen molar-refractivity contribution in [2.45, 2.75) is 13.1 Å². The van der Waals surface area contributed by atoms with Gasteiger partial charge in [0.05, 0.1) is 36.6 Å².